The van der Waals surface area contributed by atoms with Crippen LogP contribution in [0.5, 0.6) is 0 Å². The van der Waals surface area contributed by atoms with Crippen LogP contribution in [-0.2, 0) is 15.7 Å². The minimum Gasteiger partial charge on any atom is -0.380 e. The zero-order valence-electron chi connectivity index (χ0n) is 10.6. The number of amides is 1. The van der Waals surface area contributed by atoms with Gasteiger partial charge in [0.05, 0.1) is 23.8 Å². The molecule has 1 unspecified atom stereocenters. The van der Waals surface area contributed by atoms with E-state index in [4.69, 9.17) is 10.5 Å². The van der Waals surface area contributed by atoms with Crippen molar-refractivity contribution in [3.8, 4) is 0 Å². The molecule has 3 N–H and O–H groups in total. The number of nitrogens with two attached hydrogens (primary N) is 1. The molecule has 4 nitrogen and oxygen atoms in total. The van der Waals surface area contributed by atoms with E-state index in [2.05, 4.69) is 21.2 Å². The van der Waals surface area contributed by atoms with E-state index in [0.29, 0.717) is 0 Å². The van der Waals surface area contributed by atoms with E-state index in [1.165, 1.54) is 19.2 Å². The summed E-state index contributed by atoms with van der Waals surface area (Å²) in [6, 6.07) is 3.52. The van der Waals surface area contributed by atoms with Gasteiger partial charge in [-0.1, -0.05) is 15.9 Å². The molecule has 0 aliphatic heterocycles. The van der Waals surface area contributed by atoms with Gasteiger partial charge in [0.15, 0.2) is 0 Å². The Labute approximate surface area is 122 Å². The van der Waals surface area contributed by atoms with Crippen molar-refractivity contribution in [2.45, 2.75) is 18.7 Å². The molecular formula is C12H14BrF3N2O2. The highest BCUT2D eigenvalue weighted by molar-refractivity contribution is 9.10. The molecule has 0 radical (unpaired) electrons. The Morgan fingerprint density at radius 1 is 1.50 bits per heavy atom. The molecule has 8 heteroatoms. The summed E-state index contributed by atoms with van der Waals surface area (Å²) in [5.74, 6) is -0.588. The van der Waals surface area contributed by atoms with E-state index in [1.54, 1.807) is 0 Å². The van der Waals surface area contributed by atoms with Crippen molar-refractivity contribution in [1.29, 1.82) is 0 Å². The fourth-order valence-corrected chi connectivity index (χ4v) is 1.89. The first kappa shape index (κ1) is 16.9. The maximum absolute atomic E-state index is 12.9. The lowest BCUT2D eigenvalue weighted by Gasteiger charge is -2.16. The van der Waals surface area contributed by atoms with Crippen LogP contribution >= 0.6 is 15.9 Å². The number of alkyl halides is 3. The van der Waals surface area contributed by atoms with Crippen molar-refractivity contribution in [2.75, 3.05) is 19.0 Å². The summed E-state index contributed by atoms with van der Waals surface area (Å²) in [5, 5.41) is 2.23. The summed E-state index contributed by atoms with van der Waals surface area (Å²) in [4.78, 5) is 11.7. The van der Waals surface area contributed by atoms with Crippen LogP contribution < -0.4 is 11.1 Å². The molecular weight excluding hydrogens is 341 g/mol. The molecule has 0 aliphatic rings. The van der Waals surface area contributed by atoms with Gasteiger partial charge in [-0.2, -0.15) is 13.2 Å². The Kier molecular flexibility index (Phi) is 5.97. The number of hydrogen-bond donors (Lipinski definition) is 2. The second-order valence-electron chi connectivity index (χ2n) is 4.03. The normalized spacial score (nSPS) is 13.1. The number of methoxy groups -OCH3 is 1. The average Bonchev–Trinajstić information content (AvgIpc) is 2.36. The number of hydrogen-bond acceptors (Lipinski definition) is 3. The number of carbonyl (C=O) groups excluding carboxylic acids is 1. The van der Waals surface area contributed by atoms with Gasteiger partial charge in [-0.3, -0.25) is 4.79 Å². The molecule has 0 aliphatic carbocycles. The molecule has 1 atom stereocenters. The fraction of sp³-hybridized carbons (Fsp3) is 0.417. The molecule has 20 heavy (non-hydrogen) atoms. The van der Waals surface area contributed by atoms with Crippen LogP contribution in [0.25, 0.3) is 0 Å². The molecule has 1 aromatic carbocycles. The van der Waals surface area contributed by atoms with Gasteiger partial charge in [-0.05, 0) is 18.2 Å². The van der Waals surface area contributed by atoms with E-state index >= 15 is 0 Å². The van der Waals surface area contributed by atoms with Crippen molar-refractivity contribution in [3.05, 3.63) is 28.2 Å². The van der Waals surface area contributed by atoms with Crippen LogP contribution in [0.3, 0.4) is 0 Å². The van der Waals surface area contributed by atoms with Crippen LogP contribution in [-0.4, -0.2) is 25.7 Å². The highest BCUT2D eigenvalue weighted by atomic mass is 79.9. The molecule has 112 valence electrons. The Balaban J connectivity index is 2.90. The summed E-state index contributed by atoms with van der Waals surface area (Å²) >= 11 is 2.97. The molecule has 0 bridgehead atoms. The maximum Gasteiger partial charge on any atom is 0.418 e. The molecule has 1 rings (SSSR count). The summed E-state index contributed by atoms with van der Waals surface area (Å²) in [6.07, 6.45) is -5.19. The molecule has 0 saturated heterocycles. The van der Waals surface area contributed by atoms with E-state index in [0.717, 1.165) is 6.07 Å². The lowest BCUT2D eigenvalue weighted by atomic mass is 10.1. The van der Waals surface area contributed by atoms with Crippen molar-refractivity contribution in [2.24, 2.45) is 5.73 Å². The topological polar surface area (TPSA) is 64.3 Å². The number of rotatable bonds is 5. The Morgan fingerprint density at radius 3 is 2.65 bits per heavy atom. The van der Waals surface area contributed by atoms with E-state index in [1.807, 2.05) is 0 Å². The van der Waals surface area contributed by atoms with Gasteiger partial charge in [0.25, 0.3) is 0 Å². The van der Waals surface area contributed by atoms with E-state index < -0.39 is 23.8 Å². The minimum atomic E-state index is -4.55. The quantitative estimate of drug-likeness (QED) is 0.854. The van der Waals surface area contributed by atoms with Gasteiger partial charge in [-0.25, -0.2) is 0 Å². The number of ether oxygens (including phenoxy) is 1. The van der Waals surface area contributed by atoms with Crippen LogP contribution in [0.2, 0.25) is 0 Å². The monoisotopic (exact) mass is 354 g/mol. The predicted octanol–water partition coefficient (Wildman–Crippen LogP) is 2.77. The van der Waals surface area contributed by atoms with Gasteiger partial charge in [-0.15, -0.1) is 0 Å². The molecule has 1 aromatic rings. The minimum absolute atomic E-state index is 0.108. The van der Waals surface area contributed by atoms with Crippen molar-refractivity contribution >= 4 is 27.5 Å². The summed E-state index contributed by atoms with van der Waals surface area (Å²) in [7, 11) is 1.38. The van der Waals surface area contributed by atoms with Crippen molar-refractivity contribution < 1.29 is 22.7 Å². The Bertz CT molecular complexity index is 476. The van der Waals surface area contributed by atoms with Gasteiger partial charge in [0.2, 0.25) is 5.91 Å². The summed E-state index contributed by atoms with van der Waals surface area (Å²) in [5.41, 5.74) is 4.14. The predicted molar refractivity (Wildman–Crippen MR) is 72.2 cm³/mol. The third kappa shape index (κ3) is 4.77. The Morgan fingerprint density at radius 2 is 2.15 bits per heavy atom. The lowest BCUT2D eigenvalue weighted by Crippen LogP contribution is -2.28. The molecule has 1 amide bonds. The number of anilines is 1. The highest BCUT2D eigenvalue weighted by Gasteiger charge is 2.34. The molecule has 0 saturated carbocycles. The molecule has 0 heterocycles. The van der Waals surface area contributed by atoms with E-state index in [9.17, 15) is 18.0 Å². The first-order chi connectivity index (χ1) is 9.27. The number of benzene rings is 1. The SMILES string of the molecule is COC(CN)CC(=O)Nc1ccc(Br)cc1C(F)(F)F. The van der Waals surface area contributed by atoms with Crippen LogP contribution in [0.15, 0.2) is 22.7 Å². The van der Waals surface area contributed by atoms with Crippen LogP contribution in [0.4, 0.5) is 18.9 Å². The second-order valence-corrected chi connectivity index (χ2v) is 4.95. The smallest absolute Gasteiger partial charge is 0.380 e. The first-order valence-electron chi connectivity index (χ1n) is 5.67. The Hall–Kier alpha value is -1.12. The lowest BCUT2D eigenvalue weighted by molar-refractivity contribution is -0.137. The fourth-order valence-electron chi connectivity index (χ4n) is 1.53. The zero-order valence-corrected chi connectivity index (χ0v) is 12.2. The molecule has 0 fully saturated rings. The number of halogens is 4. The number of carbonyl (C=O) groups is 1. The third-order valence-electron chi connectivity index (χ3n) is 2.57. The van der Waals surface area contributed by atoms with Crippen molar-refractivity contribution in [1.82, 2.24) is 0 Å². The average molecular weight is 355 g/mol. The number of nitrogens with one attached hydrogen (secondary N) is 1. The van der Waals surface area contributed by atoms with Crippen LogP contribution in [0.1, 0.15) is 12.0 Å². The summed E-state index contributed by atoms with van der Waals surface area (Å²) < 4.78 is 43.8. The molecule has 0 spiro atoms. The van der Waals surface area contributed by atoms with Crippen LogP contribution in [0, 0.1) is 0 Å². The maximum atomic E-state index is 12.9. The molecule has 0 aromatic heterocycles. The zero-order chi connectivity index (χ0) is 15.3. The first-order valence-corrected chi connectivity index (χ1v) is 6.46. The summed E-state index contributed by atoms with van der Waals surface area (Å²) in [6.45, 7) is 0.108. The highest BCUT2D eigenvalue weighted by Crippen LogP contribution is 2.36. The van der Waals surface area contributed by atoms with Gasteiger partial charge in [0, 0.05) is 18.1 Å². The largest absolute Gasteiger partial charge is 0.418 e. The standard InChI is InChI=1S/C12H14BrF3N2O2/c1-20-8(6-17)5-11(19)18-10-3-2-7(13)4-9(10)12(14,15)16/h2-4,8H,5-6,17H2,1H3,(H,18,19). The second kappa shape index (κ2) is 7.05. The van der Waals surface area contributed by atoms with Gasteiger partial charge < -0.3 is 15.8 Å². The van der Waals surface area contributed by atoms with Gasteiger partial charge in [0.1, 0.15) is 0 Å². The third-order valence-corrected chi connectivity index (χ3v) is 3.06. The van der Waals surface area contributed by atoms with Gasteiger partial charge >= 0.3 is 6.18 Å². The van der Waals surface area contributed by atoms with Crippen molar-refractivity contribution in [3.63, 3.8) is 0 Å². The van der Waals surface area contributed by atoms with E-state index in [-0.39, 0.29) is 23.1 Å².